The summed E-state index contributed by atoms with van der Waals surface area (Å²) in [4.78, 5) is 4.97. The first-order valence-corrected chi connectivity index (χ1v) is 21.3. The Balaban J connectivity index is 0.00000456. The van der Waals surface area contributed by atoms with Gasteiger partial charge in [0.25, 0.3) is 6.33 Å². The minimum absolute atomic E-state index is 0. The maximum absolute atomic E-state index is 6.47. The van der Waals surface area contributed by atoms with Gasteiger partial charge >= 0.3 is 0 Å². The van der Waals surface area contributed by atoms with E-state index in [-0.39, 0.29) is 26.5 Å². The van der Waals surface area contributed by atoms with Crippen molar-refractivity contribution in [3.8, 4) is 78.6 Å². The van der Waals surface area contributed by atoms with Crippen LogP contribution in [-0.2, 0) is 26.5 Å². The molecular weight excluding hydrogens is 966 g/mol. The van der Waals surface area contributed by atoms with E-state index in [0.29, 0.717) is 11.5 Å². The minimum atomic E-state index is -0.0333. The zero-order valence-electron chi connectivity index (χ0n) is 35.3. The normalized spacial score (nSPS) is 11.9. The van der Waals surface area contributed by atoms with Gasteiger partial charge in [-0.25, -0.2) is 0 Å². The molecule has 64 heavy (non-hydrogen) atoms. The largest absolute Gasteiger partial charge is 0.510 e. The SMILES string of the molecule is CC(C)(C)c1ccnc(-c2ccccc2-c2cccc3c2-[n+]2[c-]n(-c4[c-]c(Oc5[c-]cc6c(c5)oc5ccccc56)ccc4)c4cccc(c42)-c2ccccc2-c2ccccc2-3)c1.[Pt]. The molecule has 0 N–H and O–H groups in total. The standard InChI is InChI=1S/C58H39N3O2.Pt/c1-58(2,3)37-31-32-59-52(33-37)46-22-9-8-21-45(46)50-25-13-24-49-43-19-6-4-17-41(43)42-18-5-7-20-44(42)51-26-14-27-53-57(51)61(56(49)50)36-60(53)38-15-12-16-39(34-38)62-40-29-30-48-47-23-10-11-28-54(47)63-55(48)35-40;/h4-28,30-33,35H,1-3H3;/q-2;. The van der Waals surface area contributed by atoms with Gasteiger partial charge in [-0.2, -0.15) is 18.2 Å². The molecule has 0 aliphatic carbocycles. The molecule has 0 saturated carbocycles. The predicted octanol–water partition coefficient (Wildman–Crippen LogP) is 14.3. The van der Waals surface area contributed by atoms with Gasteiger partial charge < -0.3 is 13.7 Å². The van der Waals surface area contributed by atoms with Crippen molar-refractivity contribution in [1.29, 1.82) is 0 Å². The molecule has 3 aromatic heterocycles. The van der Waals surface area contributed by atoms with Crippen molar-refractivity contribution in [2.45, 2.75) is 26.2 Å². The van der Waals surface area contributed by atoms with Gasteiger partial charge in [-0.05, 0) is 84.8 Å². The number of rotatable bonds is 5. The number of fused-ring (bicyclic) bond motifs is 10. The molecular formula is C58H39N3O2Pt-2. The molecule has 0 spiro atoms. The second kappa shape index (κ2) is 15.5. The molecule has 5 nitrogen and oxygen atoms in total. The number of furan rings is 1. The fraction of sp³-hybridized carbons (Fsp3) is 0.0690. The van der Waals surface area contributed by atoms with Gasteiger partial charge in [0.05, 0.1) is 22.4 Å². The molecule has 6 heteroatoms. The molecule has 4 heterocycles. The first-order chi connectivity index (χ1) is 30.9. The molecule has 0 fully saturated rings. The zero-order valence-corrected chi connectivity index (χ0v) is 37.6. The maximum Gasteiger partial charge on any atom is 0.268 e. The van der Waals surface area contributed by atoms with Crippen LogP contribution in [0.2, 0.25) is 0 Å². The number of nitrogens with zero attached hydrogens (tertiary/aromatic N) is 3. The molecule has 1 aliphatic heterocycles. The number of imidazole rings is 1. The Morgan fingerprint density at radius 2 is 1.16 bits per heavy atom. The summed E-state index contributed by atoms with van der Waals surface area (Å²) in [6.07, 6.45) is 5.83. The predicted molar refractivity (Wildman–Crippen MR) is 252 cm³/mol. The van der Waals surface area contributed by atoms with E-state index in [1.54, 1.807) is 0 Å². The third-order valence-electron chi connectivity index (χ3n) is 12.3. The topological polar surface area (TPSA) is 44.1 Å². The molecule has 0 radical (unpaired) electrons. The van der Waals surface area contributed by atoms with Gasteiger partial charge in [0.15, 0.2) is 0 Å². The number of aromatic nitrogens is 3. The second-order valence-corrected chi connectivity index (χ2v) is 17.1. The molecule has 0 unspecified atom stereocenters. The van der Waals surface area contributed by atoms with E-state index in [4.69, 9.17) is 14.1 Å². The van der Waals surface area contributed by atoms with Crippen molar-refractivity contribution in [3.63, 3.8) is 0 Å². The third-order valence-corrected chi connectivity index (χ3v) is 12.3. The Kier molecular flexibility index (Phi) is 9.56. The van der Waals surface area contributed by atoms with Crippen molar-refractivity contribution in [2.24, 2.45) is 0 Å². The molecule has 0 atom stereocenters. The molecule has 11 aromatic rings. The molecule has 0 bridgehead atoms. The Morgan fingerprint density at radius 1 is 0.562 bits per heavy atom. The van der Waals surface area contributed by atoms with Gasteiger partial charge in [-0.3, -0.25) is 9.55 Å². The fourth-order valence-corrected chi connectivity index (χ4v) is 9.27. The number of benzene rings is 8. The summed E-state index contributed by atoms with van der Waals surface area (Å²) in [5.41, 5.74) is 17.6. The van der Waals surface area contributed by atoms with Gasteiger partial charge in [-0.1, -0.05) is 160 Å². The zero-order chi connectivity index (χ0) is 42.2. The van der Waals surface area contributed by atoms with Gasteiger partial charge in [0, 0.05) is 49.9 Å². The van der Waals surface area contributed by atoms with Crippen molar-refractivity contribution >= 4 is 33.0 Å². The Hall–Kier alpha value is -7.33. The van der Waals surface area contributed by atoms with Gasteiger partial charge in [-0.15, -0.1) is 18.2 Å². The number of hydrogen-bond acceptors (Lipinski definition) is 3. The van der Waals surface area contributed by atoms with Crippen molar-refractivity contribution in [1.82, 2.24) is 9.55 Å². The van der Waals surface area contributed by atoms with Crippen LogP contribution in [0.25, 0.3) is 100 Å². The van der Waals surface area contributed by atoms with E-state index in [2.05, 4.69) is 182 Å². The van der Waals surface area contributed by atoms with Crippen LogP contribution in [0.4, 0.5) is 0 Å². The summed E-state index contributed by atoms with van der Waals surface area (Å²) in [5.74, 6) is 1.10. The summed E-state index contributed by atoms with van der Waals surface area (Å²) in [5, 5.41) is 2.05. The minimum Gasteiger partial charge on any atom is -0.510 e. The average Bonchev–Trinajstić information content (AvgIpc) is 3.90. The molecule has 8 aromatic carbocycles. The van der Waals surface area contributed by atoms with Crippen LogP contribution in [0.1, 0.15) is 26.3 Å². The van der Waals surface area contributed by atoms with Crippen LogP contribution in [0.5, 0.6) is 11.5 Å². The Bertz CT molecular complexity index is 3610. The molecule has 310 valence electrons. The first kappa shape index (κ1) is 39.5. The summed E-state index contributed by atoms with van der Waals surface area (Å²) in [6, 6.07) is 68.5. The molecule has 0 amide bonds. The second-order valence-electron chi connectivity index (χ2n) is 17.1. The van der Waals surface area contributed by atoms with Crippen LogP contribution < -0.4 is 9.30 Å². The monoisotopic (exact) mass is 1000 g/mol. The van der Waals surface area contributed by atoms with E-state index in [1.165, 1.54) is 16.7 Å². The summed E-state index contributed by atoms with van der Waals surface area (Å²) in [7, 11) is 0. The smallest absolute Gasteiger partial charge is 0.268 e. The van der Waals surface area contributed by atoms with E-state index in [0.717, 1.165) is 89.0 Å². The van der Waals surface area contributed by atoms with Crippen LogP contribution >= 0.6 is 0 Å². The maximum atomic E-state index is 6.47. The summed E-state index contributed by atoms with van der Waals surface area (Å²) < 4.78 is 17.0. The van der Waals surface area contributed by atoms with Crippen molar-refractivity contribution < 1.29 is 34.8 Å². The van der Waals surface area contributed by atoms with Crippen LogP contribution in [0, 0.1) is 18.5 Å². The van der Waals surface area contributed by atoms with Crippen LogP contribution in [0.15, 0.2) is 187 Å². The average molecular weight is 1010 g/mol. The van der Waals surface area contributed by atoms with E-state index >= 15 is 0 Å². The fourth-order valence-electron chi connectivity index (χ4n) is 9.27. The van der Waals surface area contributed by atoms with E-state index in [9.17, 15) is 0 Å². The number of pyridine rings is 1. The summed E-state index contributed by atoms with van der Waals surface area (Å²) in [6.45, 7) is 6.74. The molecule has 12 rings (SSSR count). The van der Waals surface area contributed by atoms with E-state index in [1.807, 2.05) is 48.7 Å². The number of para-hydroxylation sites is 3. The molecule has 0 saturated heterocycles. The first-order valence-electron chi connectivity index (χ1n) is 21.3. The van der Waals surface area contributed by atoms with Crippen LogP contribution in [-0.4, -0.2) is 9.55 Å². The van der Waals surface area contributed by atoms with E-state index < -0.39 is 0 Å². The Morgan fingerprint density at radius 3 is 1.89 bits per heavy atom. The molecule has 1 aliphatic rings. The third kappa shape index (κ3) is 6.50. The number of hydrogen-bond donors (Lipinski definition) is 0. The quantitative estimate of drug-likeness (QED) is 0.127. The Labute approximate surface area is 386 Å². The number of ether oxygens (including phenoxy) is 1. The van der Waals surface area contributed by atoms with Crippen LogP contribution in [0.3, 0.4) is 0 Å². The van der Waals surface area contributed by atoms with Gasteiger partial charge in [0.1, 0.15) is 5.58 Å². The van der Waals surface area contributed by atoms with Gasteiger partial charge in [0.2, 0.25) is 0 Å². The summed E-state index contributed by atoms with van der Waals surface area (Å²) >= 11 is 0. The van der Waals surface area contributed by atoms with Crippen molar-refractivity contribution in [2.75, 3.05) is 0 Å². The van der Waals surface area contributed by atoms with Crippen molar-refractivity contribution in [3.05, 3.63) is 206 Å².